The van der Waals surface area contributed by atoms with E-state index < -0.39 is 10.0 Å². The molecule has 0 amide bonds. The number of rotatable bonds is 7. The van der Waals surface area contributed by atoms with E-state index in [1.807, 2.05) is 41.1 Å². The van der Waals surface area contributed by atoms with Gasteiger partial charge < -0.3 is 19.7 Å². The number of para-hydroxylation sites is 1. The van der Waals surface area contributed by atoms with Gasteiger partial charge in [0.25, 0.3) is 0 Å². The number of hydrogen-bond acceptors (Lipinski definition) is 7. The van der Waals surface area contributed by atoms with E-state index in [4.69, 9.17) is 4.98 Å². The first kappa shape index (κ1) is 25.0. The second kappa shape index (κ2) is 10.0. The van der Waals surface area contributed by atoms with Gasteiger partial charge >= 0.3 is 0 Å². The highest BCUT2D eigenvalue weighted by molar-refractivity contribution is 7.92. The second-order valence-electron chi connectivity index (χ2n) is 9.75. The number of hydrogen-bond donors (Lipinski definition) is 1. The maximum Gasteiger partial charge on any atom is 0.232 e. The van der Waals surface area contributed by atoms with Crippen LogP contribution in [0.1, 0.15) is 12.5 Å². The quantitative estimate of drug-likeness (QED) is 0.398. The molecular weight excluding hydrogens is 486 g/mol. The van der Waals surface area contributed by atoms with Gasteiger partial charge in [0.2, 0.25) is 16.0 Å². The van der Waals surface area contributed by atoms with Crippen molar-refractivity contribution in [3.63, 3.8) is 0 Å². The van der Waals surface area contributed by atoms with Crippen molar-refractivity contribution in [2.24, 2.45) is 0 Å². The molecule has 1 fully saturated rings. The van der Waals surface area contributed by atoms with E-state index in [0.717, 1.165) is 41.9 Å². The molecule has 4 aromatic rings. The molecule has 0 spiro atoms. The van der Waals surface area contributed by atoms with Crippen LogP contribution in [0.4, 0.5) is 23.0 Å². The Morgan fingerprint density at radius 1 is 1.08 bits per heavy atom. The van der Waals surface area contributed by atoms with Gasteiger partial charge in [0.05, 0.1) is 18.5 Å². The predicted octanol–water partition coefficient (Wildman–Crippen LogP) is 3.76. The van der Waals surface area contributed by atoms with Crippen molar-refractivity contribution < 1.29 is 8.42 Å². The molecule has 10 heteroatoms. The molecule has 0 radical (unpaired) electrons. The van der Waals surface area contributed by atoms with Crippen LogP contribution in [0.25, 0.3) is 11.0 Å². The largest absolute Gasteiger partial charge is 0.366 e. The summed E-state index contributed by atoms with van der Waals surface area (Å²) in [6, 6.07) is 18.3. The standard InChI is InChI=1S/C27H33N7O2S/c1-20-18-31(2)15-16-34(20)24-11-9-23(10-12-24)29-27-28-17-21-13-14-33(26(21)30-27)19-22-7-5-6-8-25(22)32(3)37(4,35)36/h5-14,17,20H,15-16,18-19H2,1-4H3,(H,28,29,30)/t20-/m0/s1. The van der Waals surface area contributed by atoms with Crippen LogP contribution in [0, 0.1) is 0 Å². The zero-order valence-corrected chi connectivity index (χ0v) is 22.5. The summed E-state index contributed by atoms with van der Waals surface area (Å²) >= 11 is 0. The number of fused-ring (bicyclic) bond motifs is 1. The lowest BCUT2D eigenvalue weighted by Gasteiger charge is -2.39. The van der Waals surface area contributed by atoms with Crippen LogP contribution in [0.3, 0.4) is 0 Å². The van der Waals surface area contributed by atoms with Crippen molar-refractivity contribution in [2.45, 2.75) is 19.5 Å². The van der Waals surface area contributed by atoms with Crippen molar-refractivity contribution in [3.05, 3.63) is 72.6 Å². The van der Waals surface area contributed by atoms with E-state index in [1.165, 1.54) is 16.2 Å². The Hall–Kier alpha value is -3.63. The van der Waals surface area contributed by atoms with Crippen LogP contribution in [-0.4, -0.2) is 73.9 Å². The van der Waals surface area contributed by atoms with E-state index in [-0.39, 0.29) is 0 Å². The zero-order valence-electron chi connectivity index (χ0n) is 21.7. The summed E-state index contributed by atoms with van der Waals surface area (Å²) in [4.78, 5) is 14.1. The maximum absolute atomic E-state index is 12.1. The average Bonchev–Trinajstić information content (AvgIpc) is 3.26. The van der Waals surface area contributed by atoms with Gasteiger partial charge in [-0.1, -0.05) is 18.2 Å². The van der Waals surface area contributed by atoms with Crippen LogP contribution in [0.15, 0.2) is 67.0 Å². The molecule has 2 aromatic carbocycles. The van der Waals surface area contributed by atoms with E-state index >= 15 is 0 Å². The van der Waals surface area contributed by atoms with E-state index in [2.05, 4.69) is 58.3 Å². The first-order valence-corrected chi connectivity index (χ1v) is 14.2. The Labute approximate surface area is 218 Å². The van der Waals surface area contributed by atoms with Gasteiger partial charge in [-0.15, -0.1) is 0 Å². The van der Waals surface area contributed by atoms with Crippen molar-refractivity contribution in [2.75, 3.05) is 54.5 Å². The fraction of sp³-hybridized carbons (Fsp3) is 0.333. The number of sulfonamides is 1. The Balaban J connectivity index is 1.36. The molecule has 0 bridgehead atoms. The van der Waals surface area contributed by atoms with Crippen LogP contribution >= 0.6 is 0 Å². The van der Waals surface area contributed by atoms with Gasteiger partial charge in [-0.2, -0.15) is 4.98 Å². The summed E-state index contributed by atoms with van der Waals surface area (Å²) in [6.45, 7) is 5.88. The lowest BCUT2D eigenvalue weighted by molar-refractivity contribution is 0.275. The maximum atomic E-state index is 12.1. The fourth-order valence-corrected chi connectivity index (χ4v) is 5.40. The lowest BCUT2D eigenvalue weighted by atomic mass is 10.1. The number of piperazine rings is 1. The molecule has 37 heavy (non-hydrogen) atoms. The SMILES string of the molecule is C[C@H]1CN(C)CCN1c1ccc(Nc2ncc3ccn(Cc4ccccc4N(C)S(C)(=O)=O)c3n2)cc1. The Bertz CT molecular complexity index is 1500. The van der Waals surface area contributed by atoms with Crippen molar-refractivity contribution >= 4 is 44.1 Å². The minimum Gasteiger partial charge on any atom is -0.366 e. The van der Waals surface area contributed by atoms with E-state index in [9.17, 15) is 8.42 Å². The molecule has 1 N–H and O–H groups in total. The smallest absolute Gasteiger partial charge is 0.232 e. The number of aromatic nitrogens is 3. The number of likely N-dealkylation sites (N-methyl/N-ethyl adjacent to an activating group) is 1. The van der Waals surface area contributed by atoms with Crippen LogP contribution < -0.4 is 14.5 Å². The molecule has 5 rings (SSSR count). The van der Waals surface area contributed by atoms with Crippen LogP contribution in [0.5, 0.6) is 0 Å². The first-order chi connectivity index (χ1) is 17.7. The number of nitrogens with zero attached hydrogens (tertiary/aromatic N) is 6. The minimum atomic E-state index is -3.37. The number of nitrogens with one attached hydrogen (secondary N) is 1. The molecule has 3 heterocycles. The molecule has 0 unspecified atom stereocenters. The third-order valence-corrected chi connectivity index (χ3v) is 8.15. The topological polar surface area (TPSA) is 86.6 Å². The van der Waals surface area contributed by atoms with Crippen molar-refractivity contribution in [3.8, 4) is 0 Å². The summed E-state index contributed by atoms with van der Waals surface area (Å²) in [6.07, 6.45) is 4.96. The monoisotopic (exact) mass is 519 g/mol. The van der Waals surface area contributed by atoms with Gasteiger partial charge in [-0.25, -0.2) is 13.4 Å². The molecule has 0 saturated carbocycles. The third kappa shape index (κ3) is 5.40. The molecular formula is C27H33N7O2S. The molecule has 2 aromatic heterocycles. The minimum absolute atomic E-state index is 0.471. The van der Waals surface area contributed by atoms with E-state index in [0.29, 0.717) is 24.2 Å². The summed E-state index contributed by atoms with van der Waals surface area (Å²) in [5.41, 5.74) is 4.44. The summed E-state index contributed by atoms with van der Waals surface area (Å²) in [5.74, 6) is 0.509. The average molecular weight is 520 g/mol. The highest BCUT2D eigenvalue weighted by Gasteiger charge is 2.21. The summed E-state index contributed by atoms with van der Waals surface area (Å²) < 4.78 is 27.6. The Kier molecular flexibility index (Phi) is 6.78. The van der Waals surface area contributed by atoms with Gasteiger partial charge in [0.1, 0.15) is 5.65 Å². The fourth-order valence-electron chi connectivity index (χ4n) is 4.86. The van der Waals surface area contributed by atoms with E-state index in [1.54, 1.807) is 13.2 Å². The van der Waals surface area contributed by atoms with Crippen LogP contribution in [-0.2, 0) is 16.6 Å². The second-order valence-corrected chi connectivity index (χ2v) is 11.8. The predicted molar refractivity (Wildman–Crippen MR) is 150 cm³/mol. The van der Waals surface area contributed by atoms with Gasteiger partial charge in [0.15, 0.2) is 0 Å². The summed E-state index contributed by atoms with van der Waals surface area (Å²) in [5, 5.41) is 4.24. The van der Waals surface area contributed by atoms with Crippen LogP contribution in [0.2, 0.25) is 0 Å². The zero-order chi connectivity index (χ0) is 26.2. The highest BCUT2D eigenvalue weighted by atomic mass is 32.2. The Morgan fingerprint density at radius 3 is 2.57 bits per heavy atom. The van der Waals surface area contributed by atoms with Gasteiger partial charge in [-0.3, -0.25) is 4.31 Å². The molecule has 1 saturated heterocycles. The highest BCUT2D eigenvalue weighted by Crippen LogP contribution is 2.26. The molecule has 194 valence electrons. The van der Waals surface area contributed by atoms with Crippen molar-refractivity contribution in [1.82, 2.24) is 19.4 Å². The molecule has 1 aliphatic heterocycles. The lowest BCUT2D eigenvalue weighted by Crippen LogP contribution is -2.50. The molecule has 1 aliphatic rings. The first-order valence-electron chi connectivity index (χ1n) is 12.3. The third-order valence-electron chi connectivity index (χ3n) is 6.96. The summed E-state index contributed by atoms with van der Waals surface area (Å²) in [7, 11) is 0.365. The van der Waals surface area contributed by atoms with Gasteiger partial charge in [-0.05, 0) is 55.9 Å². The number of benzene rings is 2. The Morgan fingerprint density at radius 2 is 1.84 bits per heavy atom. The van der Waals surface area contributed by atoms with Gasteiger partial charge in [0, 0.05) is 61.9 Å². The molecule has 9 nitrogen and oxygen atoms in total. The number of anilines is 4. The normalized spacial score (nSPS) is 16.8. The molecule has 1 atom stereocenters. The van der Waals surface area contributed by atoms with Crippen molar-refractivity contribution in [1.29, 1.82) is 0 Å². The molecule has 0 aliphatic carbocycles.